The molecule has 1 fully saturated rings. The first-order chi connectivity index (χ1) is 13.3. The van der Waals surface area contributed by atoms with Crippen LogP contribution in [0.4, 0.5) is 8.78 Å². The summed E-state index contributed by atoms with van der Waals surface area (Å²) in [6.07, 6.45) is 0.890. The Morgan fingerprint density at radius 3 is 2.39 bits per heavy atom. The zero-order valence-electron chi connectivity index (χ0n) is 14.9. The van der Waals surface area contributed by atoms with Crippen molar-refractivity contribution in [2.24, 2.45) is 0 Å². The summed E-state index contributed by atoms with van der Waals surface area (Å²) in [5.41, 5.74) is 1.03. The molecule has 0 aliphatic carbocycles. The number of aryl methyl sites for hydroxylation is 1. The van der Waals surface area contributed by atoms with Crippen molar-refractivity contribution in [3.05, 3.63) is 64.1 Å². The summed E-state index contributed by atoms with van der Waals surface area (Å²) in [4.78, 5) is 13.4. The van der Waals surface area contributed by atoms with Gasteiger partial charge in [0.1, 0.15) is 16.5 Å². The lowest BCUT2D eigenvalue weighted by Gasteiger charge is -2.34. The topological polar surface area (TPSA) is 57.7 Å². The highest BCUT2D eigenvalue weighted by molar-refractivity contribution is 9.10. The lowest BCUT2D eigenvalue weighted by atomic mass is 10.1. The first kappa shape index (κ1) is 20.9. The maximum Gasteiger partial charge on any atom is 0.246 e. The van der Waals surface area contributed by atoms with Crippen LogP contribution in [0.3, 0.4) is 0 Å². The predicted molar refractivity (Wildman–Crippen MR) is 104 cm³/mol. The Hall–Kier alpha value is -1.84. The first-order valence-corrected chi connectivity index (χ1v) is 11.0. The molecule has 0 radical (unpaired) electrons. The number of nitrogens with zero attached hydrogens (tertiary/aromatic N) is 2. The van der Waals surface area contributed by atoms with Gasteiger partial charge in [0.25, 0.3) is 0 Å². The highest BCUT2D eigenvalue weighted by Gasteiger charge is 2.32. The van der Waals surface area contributed by atoms with Gasteiger partial charge in [0.15, 0.2) is 0 Å². The highest BCUT2D eigenvalue weighted by atomic mass is 79.9. The summed E-state index contributed by atoms with van der Waals surface area (Å²) in [6.45, 7) is 0.508. The van der Waals surface area contributed by atoms with Gasteiger partial charge in [0, 0.05) is 37.1 Å². The number of carbonyl (C=O) groups excluding carboxylic acids is 1. The van der Waals surface area contributed by atoms with Crippen LogP contribution in [0, 0.1) is 11.6 Å². The second kappa shape index (κ2) is 8.67. The molecular formula is C19H19BrF2N2O3S. The van der Waals surface area contributed by atoms with Gasteiger partial charge >= 0.3 is 0 Å². The summed E-state index contributed by atoms with van der Waals surface area (Å²) in [5.74, 6) is -1.88. The van der Waals surface area contributed by atoms with E-state index in [1.807, 2.05) is 24.3 Å². The second-order valence-corrected chi connectivity index (χ2v) is 9.21. The minimum atomic E-state index is -4.15. The fourth-order valence-corrected chi connectivity index (χ4v) is 5.07. The van der Waals surface area contributed by atoms with Gasteiger partial charge in [-0.05, 0) is 36.2 Å². The highest BCUT2D eigenvalue weighted by Crippen LogP contribution is 2.22. The third-order valence-corrected chi connectivity index (χ3v) is 7.36. The smallest absolute Gasteiger partial charge is 0.246 e. The number of piperazine rings is 1. The Balaban J connectivity index is 1.60. The van der Waals surface area contributed by atoms with Gasteiger partial charge in [0.05, 0.1) is 0 Å². The maximum atomic E-state index is 13.9. The molecule has 2 aromatic rings. The number of hydrogen-bond acceptors (Lipinski definition) is 3. The van der Waals surface area contributed by atoms with Crippen molar-refractivity contribution < 1.29 is 22.0 Å². The SMILES string of the molecule is O=C(CCc1ccccc1Br)N1CCN(S(=O)(=O)c2cc(F)ccc2F)CC1. The molecule has 0 bridgehead atoms. The van der Waals surface area contributed by atoms with E-state index in [1.165, 1.54) is 0 Å². The number of benzene rings is 2. The van der Waals surface area contributed by atoms with E-state index in [4.69, 9.17) is 0 Å². The number of hydrogen-bond donors (Lipinski definition) is 0. The van der Waals surface area contributed by atoms with Gasteiger partial charge in [-0.1, -0.05) is 34.1 Å². The third kappa shape index (κ3) is 4.59. The fourth-order valence-electron chi connectivity index (χ4n) is 3.09. The summed E-state index contributed by atoms with van der Waals surface area (Å²) in [6, 6.07) is 10.0. The quantitative estimate of drug-likeness (QED) is 0.671. The van der Waals surface area contributed by atoms with E-state index in [9.17, 15) is 22.0 Å². The van der Waals surface area contributed by atoms with Gasteiger partial charge in [0.2, 0.25) is 15.9 Å². The second-order valence-electron chi connectivity index (χ2n) is 6.45. The Bertz CT molecular complexity index is 977. The molecule has 0 N–H and O–H groups in total. The molecule has 1 aliphatic heterocycles. The van der Waals surface area contributed by atoms with Crippen molar-refractivity contribution in [1.82, 2.24) is 9.21 Å². The molecule has 28 heavy (non-hydrogen) atoms. The Labute approximate surface area is 171 Å². The molecule has 150 valence electrons. The number of amides is 1. The lowest BCUT2D eigenvalue weighted by molar-refractivity contribution is -0.132. The number of halogens is 3. The zero-order valence-corrected chi connectivity index (χ0v) is 17.3. The van der Waals surface area contributed by atoms with Gasteiger partial charge in [-0.3, -0.25) is 4.79 Å². The molecule has 1 heterocycles. The average molecular weight is 473 g/mol. The molecule has 1 saturated heterocycles. The Morgan fingerprint density at radius 1 is 1.04 bits per heavy atom. The van der Waals surface area contributed by atoms with Crippen molar-refractivity contribution >= 4 is 31.9 Å². The monoisotopic (exact) mass is 472 g/mol. The minimum absolute atomic E-state index is 0.0407. The van der Waals surface area contributed by atoms with Crippen molar-refractivity contribution in [3.8, 4) is 0 Å². The normalized spacial score (nSPS) is 15.6. The molecule has 0 atom stereocenters. The molecule has 3 rings (SSSR count). The Morgan fingerprint density at radius 2 is 1.71 bits per heavy atom. The van der Waals surface area contributed by atoms with Crippen LogP contribution in [-0.2, 0) is 21.2 Å². The van der Waals surface area contributed by atoms with Crippen LogP contribution in [0.1, 0.15) is 12.0 Å². The van der Waals surface area contributed by atoms with E-state index < -0.39 is 26.6 Å². The molecule has 9 heteroatoms. The largest absolute Gasteiger partial charge is 0.340 e. The van der Waals surface area contributed by atoms with Gasteiger partial charge in [-0.15, -0.1) is 0 Å². The molecule has 0 spiro atoms. The molecule has 5 nitrogen and oxygen atoms in total. The molecule has 1 aliphatic rings. The van der Waals surface area contributed by atoms with Crippen LogP contribution in [0.2, 0.25) is 0 Å². The van der Waals surface area contributed by atoms with Crippen LogP contribution in [0.5, 0.6) is 0 Å². The van der Waals surface area contributed by atoms with Gasteiger partial charge in [-0.25, -0.2) is 17.2 Å². The summed E-state index contributed by atoms with van der Waals surface area (Å²) in [7, 11) is -4.15. The number of carbonyl (C=O) groups is 1. The molecule has 1 amide bonds. The molecule has 2 aromatic carbocycles. The van der Waals surface area contributed by atoms with E-state index >= 15 is 0 Å². The van der Waals surface area contributed by atoms with Gasteiger partial charge in [-0.2, -0.15) is 4.31 Å². The van der Waals surface area contributed by atoms with E-state index in [1.54, 1.807) is 4.90 Å². The molecule has 0 unspecified atom stereocenters. The summed E-state index contributed by atoms with van der Waals surface area (Å²) < 4.78 is 54.5. The predicted octanol–water partition coefficient (Wildman–Crippen LogP) is 3.19. The van der Waals surface area contributed by atoms with Crippen LogP contribution in [0.15, 0.2) is 51.8 Å². The fraction of sp³-hybridized carbons (Fsp3) is 0.316. The molecular weight excluding hydrogens is 454 g/mol. The van der Waals surface area contributed by atoms with E-state index in [2.05, 4.69) is 15.9 Å². The zero-order chi connectivity index (χ0) is 20.3. The first-order valence-electron chi connectivity index (χ1n) is 8.75. The average Bonchev–Trinajstić information content (AvgIpc) is 2.69. The van der Waals surface area contributed by atoms with Crippen molar-refractivity contribution in [2.45, 2.75) is 17.7 Å². The third-order valence-electron chi connectivity index (χ3n) is 4.67. The standard InChI is InChI=1S/C19H19BrF2N2O3S/c20-16-4-2-1-3-14(16)5-8-19(25)23-9-11-24(12-10-23)28(26,27)18-13-15(21)6-7-17(18)22/h1-4,6-7,13H,5,8-12H2. The van der Waals surface area contributed by atoms with Crippen LogP contribution >= 0.6 is 15.9 Å². The molecule has 0 saturated carbocycles. The minimum Gasteiger partial charge on any atom is -0.340 e. The van der Waals surface area contributed by atoms with E-state index in [-0.39, 0.29) is 32.1 Å². The lowest BCUT2D eigenvalue weighted by Crippen LogP contribution is -2.50. The molecule has 0 aromatic heterocycles. The van der Waals surface area contributed by atoms with Crippen molar-refractivity contribution in [3.63, 3.8) is 0 Å². The summed E-state index contributed by atoms with van der Waals surface area (Å²) in [5, 5.41) is 0. The maximum absolute atomic E-state index is 13.9. The van der Waals surface area contributed by atoms with Crippen molar-refractivity contribution in [1.29, 1.82) is 0 Å². The van der Waals surface area contributed by atoms with E-state index in [0.29, 0.717) is 18.9 Å². The Kier molecular flexibility index (Phi) is 6.47. The summed E-state index contributed by atoms with van der Waals surface area (Å²) >= 11 is 3.45. The number of rotatable bonds is 5. The van der Waals surface area contributed by atoms with Crippen molar-refractivity contribution in [2.75, 3.05) is 26.2 Å². The van der Waals surface area contributed by atoms with E-state index in [0.717, 1.165) is 26.5 Å². The van der Waals surface area contributed by atoms with Crippen LogP contribution in [0.25, 0.3) is 0 Å². The van der Waals surface area contributed by atoms with Crippen LogP contribution in [-0.4, -0.2) is 49.7 Å². The van der Waals surface area contributed by atoms with Crippen LogP contribution < -0.4 is 0 Å². The number of sulfonamides is 1. The van der Waals surface area contributed by atoms with Gasteiger partial charge < -0.3 is 4.90 Å².